The zero-order valence-electron chi connectivity index (χ0n) is 10.8. The van der Waals surface area contributed by atoms with E-state index in [0.717, 1.165) is 13.2 Å². The lowest BCUT2D eigenvalue weighted by Crippen LogP contribution is -2.39. The van der Waals surface area contributed by atoms with Gasteiger partial charge in [-0.05, 0) is 11.1 Å². The summed E-state index contributed by atoms with van der Waals surface area (Å²) in [4.78, 5) is 0. The van der Waals surface area contributed by atoms with Crippen LogP contribution in [-0.2, 0) is 10.0 Å². The van der Waals surface area contributed by atoms with Crippen molar-refractivity contribution in [1.29, 1.82) is 0 Å². The highest BCUT2D eigenvalue weighted by Crippen LogP contribution is 2.36. The topological polar surface area (TPSA) is 24.6 Å². The maximum atomic E-state index is 5.30. The second-order valence-corrected chi connectivity index (χ2v) is 5.74. The smallest absolute Gasteiger partial charge is 0.0934 e. The molecule has 3 heteroatoms. The molecule has 2 aromatic carbocycles. The quantitative estimate of drug-likeness (QED) is 0.668. The fourth-order valence-electron chi connectivity index (χ4n) is 2.23. The Morgan fingerprint density at radius 3 is 1.89 bits per heavy atom. The van der Waals surface area contributed by atoms with Crippen LogP contribution in [0.3, 0.4) is 0 Å². The van der Waals surface area contributed by atoms with Crippen LogP contribution in [0, 0.1) is 0 Å². The van der Waals surface area contributed by atoms with Crippen LogP contribution >= 0.6 is 9.24 Å². The Balaban J connectivity index is 1.94. The van der Waals surface area contributed by atoms with Crippen molar-refractivity contribution >= 4 is 9.24 Å². The first-order valence-corrected chi connectivity index (χ1v) is 7.13. The summed E-state index contributed by atoms with van der Waals surface area (Å²) >= 11 is 0. The molecule has 0 bridgehead atoms. The second-order valence-electron chi connectivity index (χ2n) is 4.88. The molecule has 1 fully saturated rings. The van der Waals surface area contributed by atoms with Crippen molar-refractivity contribution < 1.29 is 4.74 Å². The van der Waals surface area contributed by atoms with Crippen LogP contribution in [0.5, 0.6) is 0 Å². The molecular weight excluding hydrogens is 253 g/mol. The molecular formula is C16H18NOP. The molecule has 1 N–H and O–H groups in total. The predicted molar refractivity (Wildman–Crippen MR) is 81.1 cm³/mol. The Morgan fingerprint density at radius 2 is 1.47 bits per heavy atom. The van der Waals surface area contributed by atoms with E-state index in [4.69, 9.17) is 4.74 Å². The molecule has 1 aliphatic heterocycles. The largest absolute Gasteiger partial charge is 0.372 e. The van der Waals surface area contributed by atoms with Crippen LogP contribution in [0.25, 0.3) is 0 Å². The van der Waals surface area contributed by atoms with E-state index in [2.05, 4.69) is 63.1 Å². The van der Waals surface area contributed by atoms with Gasteiger partial charge in [0.2, 0.25) is 0 Å². The standard InChI is InChI=1S/C16H18NOP/c19-16(17-11-15-12-18-15,13-7-3-1-4-8-13)14-9-5-2-6-10-14/h1-10,15,17H,11-12,19H2. The molecule has 0 amide bonds. The molecule has 0 aliphatic carbocycles. The third-order valence-electron chi connectivity index (χ3n) is 3.47. The van der Waals surface area contributed by atoms with E-state index in [1.165, 1.54) is 11.1 Å². The minimum atomic E-state index is -0.255. The van der Waals surface area contributed by atoms with Gasteiger partial charge in [0.05, 0.1) is 18.0 Å². The number of benzene rings is 2. The Bertz CT molecular complexity index is 485. The Kier molecular flexibility index (Phi) is 3.65. The van der Waals surface area contributed by atoms with Gasteiger partial charge in [0.1, 0.15) is 0 Å². The molecule has 1 saturated heterocycles. The lowest BCUT2D eigenvalue weighted by molar-refractivity contribution is 0.385. The summed E-state index contributed by atoms with van der Waals surface area (Å²) < 4.78 is 5.30. The van der Waals surface area contributed by atoms with E-state index in [0.29, 0.717) is 6.10 Å². The minimum Gasteiger partial charge on any atom is -0.372 e. The zero-order chi connectivity index (χ0) is 13.1. The molecule has 2 atom stereocenters. The Hall–Kier alpha value is -1.21. The van der Waals surface area contributed by atoms with Crippen molar-refractivity contribution in [2.45, 2.75) is 11.4 Å². The Morgan fingerprint density at radius 1 is 1.00 bits per heavy atom. The number of rotatable bonds is 5. The predicted octanol–water partition coefficient (Wildman–Crippen LogP) is 2.75. The van der Waals surface area contributed by atoms with Gasteiger partial charge < -0.3 is 4.74 Å². The zero-order valence-corrected chi connectivity index (χ0v) is 11.9. The van der Waals surface area contributed by atoms with Crippen molar-refractivity contribution in [2.75, 3.05) is 13.2 Å². The number of epoxide rings is 1. The Labute approximate surface area is 116 Å². The summed E-state index contributed by atoms with van der Waals surface area (Å²) in [6, 6.07) is 21.0. The first kappa shape index (κ1) is 12.8. The van der Waals surface area contributed by atoms with Gasteiger partial charge in [-0.3, -0.25) is 5.32 Å². The van der Waals surface area contributed by atoms with E-state index in [1.54, 1.807) is 0 Å². The summed E-state index contributed by atoms with van der Waals surface area (Å²) in [5.74, 6) is 0. The average Bonchev–Trinajstić information content (AvgIpc) is 3.31. The van der Waals surface area contributed by atoms with Crippen molar-refractivity contribution in [3.63, 3.8) is 0 Å². The summed E-state index contributed by atoms with van der Waals surface area (Å²) in [6.45, 7) is 1.74. The van der Waals surface area contributed by atoms with Gasteiger partial charge in [-0.2, -0.15) is 0 Å². The van der Waals surface area contributed by atoms with Gasteiger partial charge in [0.15, 0.2) is 0 Å². The third kappa shape index (κ3) is 2.87. The lowest BCUT2D eigenvalue weighted by Gasteiger charge is -2.32. The molecule has 3 rings (SSSR count). The van der Waals surface area contributed by atoms with Crippen LogP contribution in [-0.4, -0.2) is 19.3 Å². The van der Waals surface area contributed by atoms with Crippen molar-refractivity contribution in [2.24, 2.45) is 0 Å². The van der Waals surface area contributed by atoms with Gasteiger partial charge >= 0.3 is 0 Å². The molecule has 2 aromatic rings. The normalized spacial score (nSPS) is 18.3. The molecule has 0 radical (unpaired) electrons. The van der Waals surface area contributed by atoms with Crippen LogP contribution < -0.4 is 5.32 Å². The maximum Gasteiger partial charge on any atom is 0.0934 e. The van der Waals surface area contributed by atoms with Crippen LogP contribution in [0.2, 0.25) is 0 Å². The highest BCUT2D eigenvalue weighted by Gasteiger charge is 2.32. The molecule has 2 unspecified atom stereocenters. The lowest BCUT2D eigenvalue weighted by atomic mass is 9.97. The summed E-state index contributed by atoms with van der Waals surface area (Å²) in [6.07, 6.45) is 0.368. The fraction of sp³-hybridized carbons (Fsp3) is 0.250. The van der Waals surface area contributed by atoms with E-state index >= 15 is 0 Å². The summed E-state index contributed by atoms with van der Waals surface area (Å²) in [5.41, 5.74) is 2.48. The molecule has 0 saturated carbocycles. The van der Waals surface area contributed by atoms with Gasteiger partial charge in [-0.1, -0.05) is 60.7 Å². The van der Waals surface area contributed by atoms with Gasteiger partial charge in [0.25, 0.3) is 0 Å². The van der Waals surface area contributed by atoms with E-state index < -0.39 is 0 Å². The molecule has 0 aromatic heterocycles. The molecule has 1 aliphatic rings. The highest BCUT2D eigenvalue weighted by molar-refractivity contribution is 7.18. The monoisotopic (exact) mass is 271 g/mol. The van der Waals surface area contributed by atoms with Crippen LogP contribution in [0.15, 0.2) is 60.7 Å². The first-order chi connectivity index (χ1) is 9.29. The molecule has 0 spiro atoms. The third-order valence-corrected chi connectivity index (χ3v) is 4.34. The molecule has 98 valence electrons. The SMILES string of the molecule is PC(NCC1CO1)(c1ccccc1)c1ccccc1. The number of ether oxygens (including phenoxy) is 1. The minimum absolute atomic E-state index is 0.255. The van der Waals surface area contributed by atoms with Gasteiger partial charge in [-0.25, -0.2) is 0 Å². The van der Waals surface area contributed by atoms with E-state index in [1.807, 2.05) is 12.1 Å². The number of hydrogen-bond acceptors (Lipinski definition) is 2. The van der Waals surface area contributed by atoms with Gasteiger partial charge in [0, 0.05) is 6.54 Å². The van der Waals surface area contributed by atoms with E-state index in [-0.39, 0.29) is 5.28 Å². The summed E-state index contributed by atoms with van der Waals surface area (Å²) in [7, 11) is 2.97. The maximum absolute atomic E-state index is 5.30. The van der Waals surface area contributed by atoms with Crippen molar-refractivity contribution in [3.8, 4) is 0 Å². The second kappa shape index (κ2) is 5.42. The molecule has 19 heavy (non-hydrogen) atoms. The molecule has 1 heterocycles. The summed E-state index contributed by atoms with van der Waals surface area (Å²) in [5, 5.41) is 3.37. The van der Waals surface area contributed by atoms with E-state index in [9.17, 15) is 0 Å². The highest BCUT2D eigenvalue weighted by atomic mass is 31.0. The average molecular weight is 271 g/mol. The number of hydrogen-bond donors (Lipinski definition) is 1. The number of nitrogens with one attached hydrogen (secondary N) is 1. The van der Waals surface area contributed by atoms with Crippen molar-refractivity contribution in [3.05, 3.63) is 71.8 Å². The first-order valence-electron chi connectivity index (χ1n) is 6.55. The van der Waals surface area contributed by atoms with Crippen LogP contribution in [0.4, 0.5) is 0 Å². The van der Waals surface area contributed by atoms with Gasteiger partial charge in [-0.15, -0.1) is 9.24 Å². The van der Waals surface area contributed by atoms with Crippen molar-refractivity contribution in [1.82, 2.24) is 5.32 Å². The van der Waals surface area contributed by atoms with Crippen LogP contribution in [0.1, 0.15) is 11.1 Å². The fourth-order valence-corrected chi connectivity index (χ4v) is 2.74. The molecule has 2 nitrogen and oxygen atoms in total.